The largest absolute Gasteiger partial charge is 0.494 e. The van der Waals surface area contributed by atoms with Crippen LogP contribution in [0.2, 0.25) is 0 Å². The molecule has 0 N–H and O–H groups in total. The van der Waals surface area contributed by atoms with Crippen molar-refractivity contribution in [2.45, 2.75) is 31.6 Å². The van der Waals surface area contributed by atoms with Crippen LogP contribution in [0.3, 0.4) is 0 Å². The third-order valence-corrected chi connectivity index (χ3v) is 4.17. The van der Waals surface area contributed by atoms with Crippen molar-refractivity contribution >= 4 is 15.8 Å². The molecule has 1 aromatic rings. The van der Waals surface area contributed by atoms with Crippen molar-refractivity contribution in [1.82, 2.24) is 0 Å². The van der Waals surface area contributed by atoms with Gasteiger partial charge in [-0.05, 0) is 37.6 Å². The number of esters is 1. The highest BCUT2D eigenvalue weighted by atomic mass is 32.2. The fraction of sp³-hybridized carbons (Fsp3) is 0.500. The van der Waals surface area contributed by atoms with Crippen molar-refractivity contribution in [2.75, 3.05) is 19.0 Å². The Kier molecular flexibility index (Phi) is 6.51. The van der Waals surface area contributed by atoms with E-state index < -0.39 is 21.6 Å². The van der Waals surface area contributed by atoms with Crippen LogP contribution in [-0.4, -0.2) is 33.4 Å². The molecule has 0 saturated heterocycles. The van der Waals surface area contributed by atoms with Crippen LogP contribution >= 0.6 is 0 Å². The van der Waals surface area contributed by atoms with Gasteiger partial charge in [-0.2, -0.15) is 0 Å². The average Bonchev–Trinajstić information content (AvgIpc) is 2.39. The van der Waals surface area contributed by atoms with Crippen LogP contribution < -0.4 is 4.74 Å². The molecule has 0 spiro atoms. The van der Waals surface area contributed by atoms with Gasteiger partial charge in [0.15, 0.2) is 15.6 Å². The second-order valence-corrected chi connectivity index (χ2v) is 6.23. The minimum Gasteiger partial charge on any atom is -0.494 e. The summed E-state index contributed by atoms with van der Waals surface area (Å²) in [4.78, 5) is 11.3. The van der Waals surface area contributed by atoms with Crippen molar-refractivity contribution in [2.24, 2.45) is 0 Å². The van der Waals surface area contributed by atoms with Crippen molar-refractivity contribution in [1.29, 1.82) is 0 Å². The number of carbonyl (C=O) groups excluding carboxylic acids is 1. The molecule has 0 heterocycles. The van der Waals surface area contributed by atoms with Crippen LogP contribution in [0.5, 0.6) is 5.75 Å². The molecular formula is C14H20O5S. The zero-order valence-corrected chi connectivity index (χ0v) is 12.6. The van der Waals surface area contributed by atoms with Gasteiger partial charge in [0.25, 0.3) is 0 Å². The van der Waals surface area contributed by atoms with Gasteiger partial charge in [-0.3, -0.25) is 4.79 Å². The normalized spacial score (nSPS) is 11.1. The number of hydrogen-bond acceptors (Lipinski definition) is 5. The van der Waals surface area contributed by atoms with Crippen LogP contribution in [0.15, 0.2) is 29.2 Å². The first-order chi connectivity index (χ1) is 9.49. The number of rotatable bonds is 8. The van der Waals surface area contributed by atoms with E-state index in [0.29, 0.717) is 12.4 Å². The number of benzene rings is 1. The standard InChI is InChI=1S/C14H20O5S/c1-3-5-10-19-12-6-8-13(9-7-12)20(16,17)11-14(15)18-4-2/h6-9H,3-5,10-11H2,1-2H3. The monoisotopic (exact) mass is 300 g/mol. The molecule has 0 aromatic heterocycles. The molecule has 20 heavy (non-hydrogen) atoms. The quantitative estimate of drug-likeness (QED) is 0.544. The highest BCUT2D eigenvalue weighted by molar-refractivity contribution is 7.92. The number of ether oxygens (including phenoxy) is 2. The molecule has 0 aliphatic carbocycles. The summed E-state index contributed by atoms with van der Waals surface area (Å²) in [5.41, 5.74) is 0. The Labute approximate surface area is 119 Å². The highest BCUT2D eigenvalue weighted by Crippen LogP contribution is 2.17. The molecule has 0 atom stereocenters. The van der Waals surface area contributed by atoms with E-state index in [0.717, 1.165) is 12.8 Å². The van der Waals surface area contributed by atoms with Gasteiger partial charge in [-0.25, -0.2) is 8.42 Å². The van der Waals surface area contributed by atoms with E-state index in [2.05, 4.69) is 11.7 Å². The zero-order valence-electron chi connectivity index (χ0n) is 11.8. The predicted octanol–water partition coefficient (Wildman–Crippen LogP) is 2.20. The van der Waals surface area contributed by atoms with Gasteiger partial charge in [0.1, 0.15) is 5.75 Å². The summed E-state index contributed by atoms with van der Waals surface area (Å²) in [7, 11) is -3.65. The summed E-state index contributed by atoms with van der Waals surface area (Å²) in [5, 5.41) is 0. The first-order valence-corrected chi connectivity index (χ1v) is 8.26. The van der Waals surface area contributed by atoms with Crippen LogP contribution in [-0.2, 0) is 19.4 Å². The van der Waals surface area contributed by atoms with Gasteiger partial charge < -0.3 is 9.47 Å². The average molecular weight is 300 g/mol. The Morgan fingerprint density at radius 2 is 1.80 bits per heavy atom. The Morgan fingerprint density at radius 3 is 2.35 bits per heavy atom. The maximum atomic E-state index is 11.9. The fourth-order valence-electron chi connectivity index (χ4n) is 1.52. The molecule has 0 unspecified atom stereocenters. The predicted molar refractivity (Wildman–Crippen MR) is 75.5 cm³/mol. The molecule has 5 nitrogen and oxygen atoms in total. The number of sulfone groups is 1. The summed E-state index contributed by atoms with van der Waals surface area (Å²) in [6, 6.07) is 6.06. The van der Waals surface area contributed by atoms with Gasteiger partial charge in [0, 0.05) is 0 Å². The van der Waals surface area contributed by atoms with Crippen LogP contribution in [0, 0.1) is 0 Å². The Hall–Kier alpha value is -1.56. The summed E-state index contributed by atoms with van der Waals surface area (Å²) < 4.78 is 34.0. The van der Waals surface area contributed by atoms with Crippen LogP contribution in [0.25, 0.3) is 0 Å². The third-order valence-electron chi connectivity index (χ3n) is 2.56. The maximum Gasteiger partial charge on any atom is 0.321 e. The van der Waals surface area contributed by atoms with Crippen LogP contribution in [0.4, 0.5) is 0 Å². The van der Waals surface area contributed by atoms with E-state index >= 15 is 0 Å². The summed E-state index contributed by atoms with van der Waals surface area (Å²) in [6.45, 7) is 4.46. The highest BCUT2D eigenvalue weighted by Gasteiger charge is 2.20. The van der Waals surface area contributed by atoms with Gasteiger partial charge >= 0.3 is 5.97 Å². The molecule has 0 fully saturated rings. The molecule has 1 rings (SSSR count). The summed E-state index contributed by atoms with van der Waals surface area (Å²) >= 11 is 0. The Morgan fingerprint density at radius 1 is 1.15 bits per heavy atom. The first kappa shape index (κ1) is 16.5. The number of unbranched alkanes of at least 4 members (excludes halogenated alkanes) is 1. The molecule has 0 amide bonds. The van der Waals surface area contributed by atoms with Crippen molar-refractivity contribution in [3.63, 3.8) is 0 Å². The molecule has 0 aliphatic rings. The maximum absolute atomic E-state index is 11.9. The van der Waals surface area contributed by atoms with E-state index in [1.165, 1.54) is 12.1 Å². The van der Waals surface area contributed by atoms with E-state index in [-0.39, 0.29) is 11.5 Å². The Balaban J connectivity index is 2.69. The first-order valence-electron chi connectivity index (χ1n) is 6.60. The van der Waals surface area contributed by atoms with Crippen molar-refractivity contribution in [3.05, 3.63) is 24.3 Å². The second kappa shape index (κ2) is 7.89. The lowest BCUT2D eigenvalue weighted by Crippen LogP contribution is -2.18. The van der Waals surface area contributed by atoms with Crippen molar-refractivity contribution in [3.8, 4) is 5.75 Å². The smallest absolute Gasteiger partial charge is 0.321 e. The Bertz CT molecular complexity index is 519. The number of carbonyl (C=O) groups is 1. The molecule has 6 heteroatoms. The molecule has 112 valence electrons. The lowest BCUT2D eigenvalue weighted by atomic mass is 10.3. The molecule has 0 aliphatic heterocycles. The van der Waals surface area contributed by atoms with E-state index in [9.17, 15) is 13.2 Å². The topological polar surface area (TPSA) is 69.7 Å². The zero-order chi connectivity index (χ0) is 15.0. The van der Waals surface area contributed by atoms with Gasteiger partial charge in [0.2, 0.25) is 0 Å². The summed E-state index contributed by atoms with van der Waals surface area (Å²) in [5.74, 6) is -0.763. The van der Waals surface area contributed by atoms with E-state index in [4.69, 9.17) is 4.74 Å². The van der Waals surface area contributed by atoms with E-state index in [1.54, 1.807) is 19.1 Å². The third kappa shape index (κ3) is 5.21. The van der Waals surface area contributed by atoms with Gasteiger partial charge in [-0.15, -0.1) is 0 Å². The SMILES string of the molecule is CCCCOc1ccc(S(=O)(=O)CC(=O)OCC)cc1. The minimum absolute atomic E-state index is 0.0911. The lowest BCUT2D eigenvalue weighted by molar-refractivity contribution is -0.139. The van der Waals surface area contributed by atoms with E-state index in [1.807, 2.05) is 0 Å². The number of hydrogen-bond donors (Lipinski definition) is 0. The molecule has 0 bridgehead atoms. The second-order valence-electron chi connectivity index (χ2n) is 4.24. The molecular weight excluding hydrogens is 280 g/mol. The molecule has 0 saturated carbocycles. The van der Waals surface area contributed by atoms with Gasteiger partial charge in [-0.1, -0.05) is 13.3 Å². The lowest BCUT2D eigenvalue weighted by Gasteiger charge is -2.07. The fourth-order valence-corrected chi connectivity index (χ4v) is 2.63. The molecule has 1 aromatic carbocycles. The van der Waals surface area contributed by atoms with Gasteiger partial charge in [0.05, 0.1) is 18.1 Å². The minimum atomic E-state index is -3.65. The van der Waals surface area contributed by atoms with Crippen molar-refractivity contribution < 1.29 is 22.7 Å². The van der Waals surface area contributed by atoms with Crippen LogP contribution in [0.1, 0.15) is 26.7 Å². The molecule has 0 radical (unpaired) electrons. The summed E-state index contributed by atoms with van der Waals surface area (Å²) in [6.07, 6.45) is 1.98.